The number of hydrogen-bond donors (Lipinski definition) is 1. The van der Waals surface area contributed by atoms with Gasteiger partial charge in [0.25, 0.3) is 0 Å². The summed E-state index contributed by atoms with van der Waals surface area (Å²) in [6.45, 7) is 2.28. The minimum atomic E-state index is -0.0141. The number of amides is 2. The zero-order valence-electron chi connectivity index (χ0n) is 13.1. The summed E-state index contributed by atoms with van der Waals surface area (Å²) >= 11 is 0. The molecule has 2 amide bonds. The summed E-state index contributed by atoms with van der Waals surface area (Å²) in [7, 11) is 0. The molecule has 0 spiro atoms. The third-order valence-electron chi connectivity index (χ3n) is 4.55. The Morgan fingerprint density at radius 3 is 2.65 bits per heavy atom. The molecular formula is C18H22N2O3. The maximum absolute atomic E-state index is 12.1. The van der Waals surface area contributed by atoms with Gasteiger partial charge in [-0.1, -0.05) is 12.1 Å². The fourth-order valence-corrected chi connectivity index (χ4v) is 3.14. The van der Waals surface area contributed by atoms with E-state index in [4.69, 9.17) is 5.11 Å². The van der Waals surface area contributed by atoms with Gasteiger partial charge in [-0.25, -0.2) is 0 Å². The first-order chi connectivity index (χ1) is 11.2. The predicted molar refractivity (Wildman–Crippen MR) is 88.8 cm³/mol. The molecule has 1 atom stereocenters. The predicted octanol–water partition coefficient (Wildman–Crippen LogP) is 1.67. The summed E-state index contributed by atoms with van der Waals surface area (Å²) < 4.78 is 0. The fourth-order valence-electron chi connectivity index (χ4n) is 3.14. The maximum Gasteiger partial charge on any atom is 0.246 e. The summed E-state index contributed by atoms with van der Waals surface area (Å²) in [5, 5.41) is 9.12. The van der Waals surface area contributed by atoms with E-state index >= 15 is 0 Å². The summed E-state index contributed by atoms with van der Waals surface area (Å²) in [6, 6.07) is 7.69. The number of aliphatic hydroxyl groups excluding tert-OH is 1. The average Bonchev–Trinajstić information content (AvgIpc) is 3.22. The molecule has 1 N–H and O–H groups in total. The average molecular weight is 314 g/mol. The quantitative estimate of drug-likeness (QED) is 0.860. The molecule has 2 heterocycles. The Hall–Kier alpha value is -2.14. The highest BCUT2D eigenvalue weighted by Crippen LogP contribution is 2.22. The van der Waals surface area contributed by atoms with Gasteiger partial charge in [0.1, 0.15) is 0 Å². The highest BCUT2D eigenvalue weighted by atomic mass is 16.3. The van der Waals surface area contributed by atoms with Crippen molar-refractivity contribution in [1.82, 2.24) is 4.90 Å². The topological polar surface area (TPSA) is 60.9 Å². The van der Waals surface area contributed by atoms with Crippen LogP contribution in [0.25, 0.3) is 6.08 Å². The van der Waals surface area contributed by atoms with E-state index in [1.807, 2.05) is 24.3 Å². The van der Waals surface area contributed by atoms with Crippen molar-refractivity contribution in [3.8, 4) is 0 Å². The zero-order chi connectivity index (χ0) is 16.2. The molecule has 1 aromatic rings. The van der Waals surface area contributed by atoms with E-state index in [0.717, 1.165) is 30.6 Å². The number of carbonyl (C=O) groups excluding carboxylic acids is 2. The molecule has 1 unspecified atom stereocenters. The van der Waals surface area contributed by atoms with Crippen LogP contribution >= 0.6 is 0 Å². The van der Waals surface area contributed by atoms with Crippen molar-refractivity contribution >= 4 is 23.6 Å². The van der Waals surface area contributed by atoms with E-state index < -0.39 is 0 Å². The molecule has 0 bridgehead atoms. The van der Waals surface area contributed by atoms with Gasteiger partial charge >= 0.3 is 0 Å². The van der Waals surface area contributed by atoms with E-state index in [2.05, 4.69) is 0 Å². The molecule has 0 radical (unpaired) electrons. The van der Waals surface area contributed by atoms with E-state index in [-0.39, 0.29) is 24.3 Å². The smallest absolute Gasteiger partial charge is 0.246 e. The Morgan fingerprint density at radius 2 is 2.04 bits per heavy atom. The number of carbonyl (C=O) groups is 2. The number of likely N-dealkylation sites (tertiary alicyclic amines) is 1. The summed E-state index contributed by atoms with van der Waals surface area (Å²) in [5.74, 6) is 0.375. The molecule has 2 aliphatic heterocycles. The lowest BCUT2D eigenvalue weighted by molar-refractivity contribution is -0.125. The van der Waals surface area contributed by atoms with Crippen LogP contribution in [0.15, 0.2) is 30.3 Å². The fraction of sp³-hybridized carbons (Fsp3) is 0.444. The third-order valence-corrected chi connectivity index (χ3v) is 4.55. The van der Waals surface area contributed by atoms with Crippen LogP contribution in [0.4, 0.5) is 5.69 Å². The molecule has 0 aliphatic carbocycles. The van der Waals surface area contributed by atoms with Gasteiger partial charge in [0.05, 0.1) is 0 Å². The SMILES string of the molecule is O=C(/C=C/c1ccc(N2CCCC2=O)cc1)N1CCC(CO)C1. The van der Waals surface area contributed by atoms with Gasteiger partial charge in [-0.3, -0.25) is 9.59 Å². The number of rotatable bonds is 4. The number of aliphatic hydroxyl groups is 1. The Balaban J connectivity index is 1.59. The first kappa shape index (κ1) is 15.7. The molecule has 0 aromatic heterocycles. The van der Waals surface area contributed by atoms with Gasteiger partial charge in [0, 0.05) is 50.3 Å². The van der Waals surface area contributed by atoms with Crippen LogP contribution in [-0.4, -0.2) is 48.1 Å². The standard InChI is InChI=1S/C18H22N2O3/c21-13-15-9-11-19(12-15)17(22)8-5-14-3-6-16(7-4-14)20-10-1-2-18(20)23/h3-8,15,21H,1-2,9-13H2/b8-5+. The van der Waals surface area contributed by atoms with E-state index in [1.165, 1.54) is 0 Å². The van der Waals surface area contributed by atoms with Gasteiger partial charge in [-0.05, 0) is 36.6 Å². The molecule has 0 saturated carbocycles. The molecule has 5 heteroatoms. The molecule has 122 valence electrons. The van der Waals surface area contributed by atoms with Crippen molar-refractivity contribution in [2.45, 2.75) is 19.3 Å². The monoisotopic (exact) mass is 314 g/mol. The Labute approximate surface area is 136 Å². The zero-order valence-corrected chi connectivity index (χ0v) is 13.1. The Bertz CT molecular complexity index is 609. The third kappa shape index (κ3) is 3.62. The summed E-state index contributed by atoms with van der Waals surface area (Å²) in [5.41, 5.74) is 1.85. The lowest BCUT2D eigenvalue weighted by atomic mass is 10.1. The molecule has 2 saturated heterocycles. The lowest BCUT2D eigenvalue weighted by Gasteiger charge is -2.15. The second-order valence-electron chi connectivity index (χ2n) is 6.20. The van der Waals surface area contributed by atoms with Crippen molar-refractivity contribution in [1.29, 1.82) is 0 Å². The largest absolute Gasteiger partial charge is 0.396 e. The molecule has 2 aliphatic rings. The summed E-state index contributed by atoms with van der Waals surface area (Å²) in [6.07, 6.45) is 5.79. The Morgan fingerprint density at radius 1 is 1.26 bits per heavy atom. The number of anilines is 1. The van der Waals surface area contributed by atoms with Crippen LogP contribution < -0.4 is 4.90 Å². The minimum Gasteiger partial charge on any atom is -0.396 e. The first-order valence-electron chi connectivity index (χ1n) is 8.15. The van der Waals surface area contributed by atoms with Crippen LogP contribution in [0.2, 0.25) is 0 Å². The van der Waals surface area contributed by atoms with Crippen LogP contribution in [-0.2, 0) is 9.59 Å². The molecule has 23 heavy (non-hydrogen) atoms. The van der Waals surface area contributed by atoms with Crippen LogP contribution in [0.3, 0.4) is 0 Å². The van der Waals surface area contributed by atoms with Crippen molar-refractivity contribution in [3.63, 3.8) is 0 Å². The van der Waals surface area contributed by atoms with Gasteiger partial charge in [0.15, 0.2) is 0 Å². The molecule has 5 nitrogen and oxygen atoms in total. The van der Waals surface area contributed by atoms with Gasteiger partial charge in [0.2, 0.25) is 11.8 Å². The second kappa shape index (κ2) is 6.96. The lowest BCUT2D eigenvalue weighted by Crippen LogP contribution is -2.27. The highest BCUT2D eigenvalue weighted by molar-refractivity contribution is 5.95. The van der Waals surface area contributed by atoms with E-state index in [0.29, 0.717) is 19.5 Å². The first-order valence-corrected chi connectivity index (χ1v) is 8.15. The summed E-state index contributed by atoms with van der Waals surface area (Å²) in [4.78, 5) is 27.4. The molecule has 3 rings (SSSR count). The van der Waals surface area contributed by atoms with E-state index in [1.54, 1.807) is 22.0 Å². The van der Waals surface area contributed by atoms with Gasteiger partial charge in [-0.2, -0.15) is 0 Å². The normalized spacial score (nSPS) is 21.6. The van der Waals surface area contributed by atoms with Gasteiger partial charge < -0.3 is 14.9 Å². The number of nitrogens with zero attached hydrogens (tertiary/aromatic N) is 2. The van der Waals surface area contributed by atoms with E-state index in [9.17, 15) is 9.59 Å². The van der Waals surface area contributed by atoms with Crippen molar-refractivity contribution in [2.24, 2.45) is 5.92 Å². The number of hydrogen-bond acceptors (Lipinski definition) is 3. The molecule has 2 fully saturated rings. The number of benzene rings is 1. The maximum atomic E-state index is 12.1. The van der Waals surface area contributed by atoms with Crippen molar-refractivity contribution in [2.75, 3.05) is 31.1 Å². The molecular weight excluding hydrogens is 292 g/mol. The molecule has 1 aromatic carbocycles. The van der Waals surface area contributed by atoms with Crippen molar-refractivity contribution < 1.29 is 14.7 Å². The van der Waals surface area contributed by atoms with Gasteiger partial charge in [-0.15, -0.1) is 0 Å². The highest BCUT2D eigenvalue weighted by Gasteiger charge is 2.24. The van der Waals surface area contributed by atoms with Crippen LogP contribution in [0, 0.1) is 5.92 Å². The minimum absolute atomic E-state index is 0.0141. The van der Waals surface area contributed by atoms with Crippen LogP contribution in [0.5, 0.6) is 0 Å². The van der Waals surface area contributed by atoms with Crippen LogP contribution in [0.1, 0.15) is 24.8 Å². The van der Waals surface area contributed by atoms with Crippen molar-refractivity contribution in [3.05, 3.63) is 35.9 Å². The second-order valence-corrected chi connectivity index (χ2v) is 6.20. The Kier molecular flexibility index (Phi) is 4.76.